The average Bonchev–Trinajstić information content (AvgIpc) is 3.15. The Hall–Kier alpha value is -1.33. The second-order valence-corrected chi connectivity index (χ2v) is 7.19. The highest BCUT2D eigenvalue weighted by molar-refractivity contribution is 5.79. The smallest absolute Gasteiger partial charge is 0.227 e. The molecule has 0 spiro atoms. The van der Waals surface area contributed by atoms with Crippen LogP contribution in [-0.2, 0) is 11.3 Å². The number of hydrogen-bond acceptors (Lipinski definition) is 4. The lowest BCUT2D eigenvalue weighted by molar-refractivity contribution is -0.139. The third-order valence-electron chi connectivity index (χ3n) is 5.50. The molecule has 1 amide bonds. The van der Waals surface area contributed by atoms with Crippen LogP contribution in [0.15, 0.2) is 22.8 Å². The van der Waals surface area contributed by atoms with Crippen LogP contribution in [-0.4, -0.2) is 53.1 Å². The maximum Gasteiger partial charge on any atom is 0.227 e. The van der Waals surface area contributed by atoms with E-state index in [2.05, 4.69) is 4.90 Å². The SMILES string of the molecule is O=C(C1CCCN(C2CCCCC2)C1)N(CCO)Cc1ccco1. The molecule has 1 aromatic rings. The molecule has 1 aliphatic carbocycles. The van der Waals surface area contributed by atoms with Gasteiger partial charge < -0.3 is 14.4 Å². The highest BCUT2D eigenvalue weighted by Crippen LogP contribution is 2.28. The van der Waals surface area contributed by atoms with Crippen molar-refractivity contribution in [3.8, 4) is 0 Å². The molecule has 24 heavy (non-hydrogen) atoms. The van der Waals surface area contributed by atoms with E-state index in [1.807, 2.05) is 12.1 Å². The van der Waals surface area contributed by atoms with Crippen molar-refractivity contribution in [2.24, 2.45) is 5.92 Å². The molecule has 1 unspecified atom stereocenters. The van der Waals surface area contributed by atoms with Crippen molar-refractivity contribution in [1.82, 2.24) is 9.80 Å². The van der Waals surface area contributed by atoms with Crippen molar-refractivity contribution in [2.75, 3.05) is 26.2 Å². The zero-order chi connectivity index (χ0) is 16.8. The second kappa shape index (κ2) is 8.67. The van der Waals surface area contributed by atoms with Crippen LogP contribution in [0.25, 0.3) is 0 Å². The first-order valence-corrected chi connectivity index (χ1v) is 9.44. The lowest BCUT2D eigenvalue weighted by Gasteiger charge is -2.40. The summed E-state index contributed by atoms with van der Waals surface area (Å²) in [6.07, 6.45) is 10.3. The van der Waals surface area contributed by atoms with Crippen molar-refractivity contribution in [1.29, 1.82) is 0 Å². The van der Waals surface area contributed by atoms with Gasteiger partial charge in [0.05, 0.1) is 25.3 Å². The molecule has 3 rings (SSSR count). The van der Waals surface area contributed by atoms with Crippen LogP contribution in [0.2, 0.25) is 0 Å². The second-order valence-electron chi connectivity index (χ2n) is 7.19. The highest BCUT2D eigenvalue weighted by Gasteiger charge is 2.32. The average molecular weight is 334 g/mol. The van der Waals surface area contributed by atoms with E-state index in [1.165, 1.54) is 32.1 Å². The van der Waals surface area contributed by atoms with Crippen molar-refractivity contribution in [2.45, 2.75) is 57.5 Å². The Labute approximate surface area is 144 Å². The number of nitrogens with zero attached hydrogens (tertiary/aromatic N) is 2. The summed E-state index contributed by atoms with van der Waals surface area (Å²) in [7, 11) is 0. The van der Waals surface area contributed by atoms with Crippen molar-refractivity contribution in [3.05, 3.63) is 24.2 Å². The van der Waals surface area contributed by atoms with E-state index in [0.29, 0.717) is 19.1 Å². The van der Waals surface area contributed by atoms with Gasteiger partial charge in [0.2, 0.25) is 5.91 Å². The first kappa shape index (κ1) is 17.5. The van der Waals surface area contributed by atoms with Crippen molar-refractivity contribution >= 4 is 5.91 Å². The third kappa shape index (κ3) is 4.39. The van der Waals surface area contributed by atoms with Gasteiger partial charge in [0.1, 0.15) is 5.76 Å². The summed E-state index contributed by atoms with van der Waals surface area (Å²) in [5.74, 6) is 1.000. The summed E-state index contributed by atoms with van der Waals surface area (Å²) in [4.78, 5) is 17.3. The highest BCUT2D eigenvalue weighted by atomic mass is 16.3. The molecule has 0 radical (unpaired) electrons. The van der Waals surface area contributed by atoms with Crippen LogP contribution in [0.3, 0.4) is 0 Å². The molecule has 0 bridgehead atoms. The molecule has 5 nitrogen and oxygen atoms in total. The largest absolute Gasteiger partial charge is 0.467 e. The molecule has 1 saturated carbocycles. The number of likely N-dealkylation sites (tertiary alicyclic amines) is 1. The fourth-order valence-corrected chi connectivity index (χ4v) is 4.22. The molecule has 1 aliphatic heterocycles. The number of rotatable bonds is 6. The topological polar surface area (TPSA) is 56.9 Å². The molecule has 2 fully saturated rings. The summed E-state index contributed by atoms with van der Waals surface area (Å²) >= 11 is 0. The van der Waals surface area contributed by atoms with Crippen LogP contribution in [0.5, 0.6) is 0 Å². The fourth-order valence-electron chi connectivity index (χ4n) is 4.22. The van der Waals surface area contributed by atoms with Gasteiger partial charge in [-0.05, 0) is 44.4 Å². The number of hydrogen-bond donors (Lipinski definition) is 1. The molecule has 0 aromatic carbocycles. The van der Waals surface area contributed by atoms with Crippen LogP contribution in [0.4, 0.5) is 0 Å². The lowest BCUT2D eigenvalue weighted by atomic mass is 9.89. The number of carbonyl (C=O) groups is 1. The number of aliphatic hydroxyl groups excluding tert-OH is 1. The zero-order valence-electron chi connectivity index (χ0n) is 14.5. The number of piperidine rings is 1. The Balaban J connectivity index is 1.60. The number of furan rings is 1. The summed E-state index contributed by atoms with van der Waals surface area (Å²) in [6, 6.07) is 4.39. The van der Waals surface area contributed by atoms with Crippen LogP contribution in [0, 0.1) is 5.92 Å². The van der Waals surface area contributed by atoms with Crippen molar-refractivity contribution in [3.63, 3.8) is 0 Å². The normalized spacial score (nSPS) is 23.3. The number of aliphatic hydroxyl groups is 1. The minimum absolute atomic E-state index is 0.00842. The van der Waals surface area contributed by atoms with Gasteiger partial charge in [-0.25, -0.2) is 0 Å². The van der Waals surface area contributed by atoms with E-state index < -0.39 is 0 Å². The van der Waals surface area contributed by atoms with Gasteiger partial charge in [-0.15, -0.1) is 0 Å². The maximum atomic E-state index is 13.0. The molecule has 2 heterocycles. The molecule has 1 atom stereocenters. The van der Waals surface area contributed by atoms with Gasteiger partial charge in [-0.3, -0.25) is 9.69 Å². The molecular weight excluding hydrogens is 304 g/mol. The Morgan fingerprint density at radius 2 is 2.08 bits per heavy atom. The first-order valence-electron chi connectivity index (χ1n) is 9.44. The zero-order valence-corrected chi connectivity index (χ0v) is 14.5. The van der Waals surface area contributed by atoms with Crippen LogP contribution >= 0.6 is 0 Å². The fraction of sp³-hybridized carbons (Fsp3) is 0.737. The predicted octanol–water partition coefficient (Wildman–Crippen LogP) is 2.65. The van der Waals surface area contributed by atoms with Gasteiger partial charge in [0.15, 0.2) is 0 Å². The Bertz CT molecular complexity index is 497. The summed E-state index contributed by atoms with van der Waals surface area (Å²) < 4.78 is 5.38. The Kier molecular flexibility index (Phi) is 6.32. The summed E-state index contributed by atoms with van der Waals surface area (Å²) in [6.45, 7) is 2.83. The van der Waals surface area contributed by atoms with E-state index in [4.69, 9.17) is 4.42 Å². The van der Waals surface area contributed by atoms with Crippen LogP contribution in [0.1, 0.15) is 50.7 Å². The van der Waals surface area contributed by atoms with Gasteiger partial charge in [0.25, 0.3) is 0 Å². The number of amides is 1. The predicted molar refractivity (Wildman–Crippen MR) is 92.4 cm³/mol. The van der Waals surface area contributed by atoms with Crippen LogP contribution < -0.4 is 0 Å². The summed E-state index contributed by atoms with van der Waals surface area (Å²) in [5.41, 5.74) is 0. The molecule has 1 N–H and O–H groups in total. The van der Waals surface area contributed by atoms with Gasteiger partial charge in [-0.1, -0.05) is 19.3 Å². The van der Waals surface area contributed by atoms with Crippen molar-refractivity contribution < 1.29 is 14.3 Å². The van der Waals surface area contributed by atoms with E-state index in [-0.39, 0.29) is 18.4 Å². The third-order valence-corrected chi connectivity index (χ3v) is 5.50. The van der Waals surface area contributed by atoms with E-state index in [0.717, 1.165) is 31.7 Å². The lowest BCUT2D eigenvalue weighted by Crippen LogP contribution is -2.48. The molecule has 2 aliphatic rings. The molecular formula is C19H30N2O3. The molecule has 5 heteroatoms. The molecule has 1 aromatic heterocycles. The van der Waals surface area contributed by atoms with Gasteiger partial charge in [0, 0.05) is 19.1 Å². The summed E-state index contributed by atoms with van der Waals surface area (Å²) in [5, 5.41) is 9.33. The molecule has 1 saturated heterocycles. The quantitative estimate of drug-likeness (QED) is 0.869. The number of carbonyl (C=O) groups excluding carboxylic acids is 1. The minimum Gasteiger partial charge on any atom is -0.467 e. The Morgan fingerprint density at radius 1 is 1.25 bits per heavy atom. The maximum absolute atomic E-state index is 13.0. The van der Waals surface area contributed by atoms with E-state index in [9.17, 15) is 9.90 Å². The van der Waals surface area contributed by atoms with Gasteiger partial charge >= 0.3 is 0 Å². The Morgan fingerprint density at radius 3 is 2.79 bits per heavy atom. The van der Waals surface area contributed by atoms with E-state index in [1.54, 1.807) is 11.2 Å². The molecule has 134 valence electrons. The minimum atomic E-state index is -0.00842. The van der Waals surface area contributed by atoms with E-state index >= 15 is 0 Å². The monoisotopic (exact) mass is 334 g/mol. The standard InChI is InChI=1S/C19H30N2O3/c22-12-11-21(15-18-9-5-13-24-18)19(23)16-6-4-10-20(14-16)17-7-2-1-3-8-17/h5,9,13,16-17,22H,1-4,6-8,10-12,14-15H2. The van der Waals surface area contributed by atoms with Gasteiger partial charge in [-0.2, -0.15) is 0 Å². The first-order chi connectivity index (χ1) is 11.8.